The number of carbonyl (C=O) groups is 1. The molecule has 112 valence electrons. The van der Waals surface area contributed by atoms with Crippen LogP contribution in [0, 0.1) is 0 Å². The number of hydrogen-bond donors (Lipinski definition) is 2. The molecule has 1 aromatic rings. The van der Waals surface area contributed by atoms with E-state index in [4.69, 9.17) is 10.5 Å². The van der Waals surface area contributed by atoms with Crippen LogP contribution in [-0.2, 0) is 9.53 Å². The van der Waals surface area contributed by atoms with Gasteiger partial charge in [0, 0.05) is 12.8 Å². The minimum absolute atomic E-state index is 0.0300. The van der Waals surface area contributed by atoms with E-state index in [2.05, 4.69) is 26.0 Å². The van der Waals surface area contributed by atoms with Crippen molar-refractivity contribution >= 4 is 27.5 Å². The number of halogens is 4. The van der Waals surface area contributed by atoms with E-state index in [1.807, 2.05) is 0 Å². The number of methoxy groups -OCH3 is 1. The molecule has 9 heteroatoms. The first kappa shape index (κ1) is 16.7. The Bertz CT molecular complexity index is 482. The van der Waals surface area contributed by atoms with E-state index < -0.39 is 24.1 Å². The highest BCUT2D eigenvalue weighted by molar-refractivity contribution is 9.10. The molecule has 0 aliphatic carbocycles. The standard InChI is InChI=1S/C11H12BrF3N2O3/c1-19-5-8(16)10(18)17-6-2-3-9(7(12)4-6)20-11(13,14)15/h2-4,8H,5,16H2,1H3,(H,17,18). The predicted molar refractivity (Wildman–Crippen MR) is 69.3 cm³/mol. The zero-order valence-electron chi connectivity index (χ0n) is 10.3. The van der Waals surface area contributed by atoms with Crippen LogP contribution < -0.4 is 15.8 Å². The molecule has 0 aliphatic rings. The number of hydrogen-bond acceptors (Lipinski definition) is 4. The van der Waals surface area contributed by atoms with Crippen LogP contribution in [0.4, 0.5) is 18.9 Å². The normalized spacial score (nSPS) is 12.9. The molecule has 0 heterocycles. The first-order valence-corrected chi connectivity index (χ1v) is 6.13. The molecule has 0 radical (unpaired) electrons. The van der Waals surface area contributed by atoms with Gasteiger partial charge in [0.2, 0.25) is 5.91 Å². The molecule has 0 saturated heterocycles. The first-order valence-electron chi connectivity index (χ1n) is 5.33. The molecule has 0 spiro atoms. The number of ether oxygens (including phenoxy) is 2. The monoisotopic (exact) mass is 356 g/mol. The van der Waals surface area contributed by atoms with Crippen LogP contribution >= 0.6 is 15.9 Å². The van der Waals surface area contributed by atoms with Crippen LogP contribution in [-0.4, -0.2) is 32.0 Å². The van der Waals surface area contributed by atoms with Gasteiger partial charge in [0.1, 0.15) is 11.8 Å². The maximum Gasteiger partial charge on any atom is 0.573 e. The highest BCUT2D eigenvalue weighted by Gasteiger charge is 2.32. The lowest BCUT2D eigenvalue weighted by atomic mass is 10.2. The third-order valence-corrected chi connectivity index (χ3v) is 2.73. The summed E-state index contributed by atoms with van der Waals surface area (Å²) >= 11 is 2.93. The number of amides is 1. The molecule has 20 heavy (non-hydrogen) atoms. The van der Waals surface area contributed by atoms with E-state index in [-0.39, 0.29) is 16.8 Å². The van der Waals surface area contributed by atoms with Gasteiger partial charge < -0.3 is 20.5 Å². The van der Waals surface area contributed by atoms with Gasteiger partial charge in [-0.25, -0.2) is 0 Å². The molecule has 1 unspecified atom stereocenters. The molecule has 0 saturated carbocycles. The summed E-state index contributed by atoms with van der Waals surface area (Å²) in [4.78, 5) is 11.6. The van der Waals surface area contributed by atoms with Gasteiger partial charge in [0.15, 0.2) is 0 Å². The number of rotatable bonds is 5. The molecule has 1 atom stereocenters. The fraction of sp³-hybridized carbons (Fsp3) is 0.364. The third-order valence-electron chi connectivity index (χ3n) is 2.11. The van der Waals surface area contributed by atoms with Gasteiger partial charge in [0.25, 0.3) is 0 Å². The Kier molecular flexibility index (Phi) is 5.78. The second kappa shape index (κ2) is 6.91. The number of benzene rings is 1. The summed E-state index contributed by atoms with van der Waals surface area (Å²) in [5.74, 6) is -0.917. The summed E-state index contributed by atoms with van der Waals surface area (Å²) in [6.07, 6.45) is -4.78. The lowest BCUT2D eigenvalue weighted by Gasteiger charge is -2.14. The van der Waals surface area contributed by atoms with E-state index in [1.54, 1.807) is 0 Å². The van der Waals surface area contributed by atoms with Crippen molar-refractivity contribution in [2.75, 3.05) is 19.0 Å². The summed E-state index contributed by atoms with van der Waals surface area (Å²) in [7, 11) is 1.40. The molecule has 0 fully saturated rings. The van der Waals surface area contributed by atoms with Crippen LogP contribution in [0.1, 0.15) is 0 Å². The average molecular weight is 357 g/mol. The number of alkyl halides is 3. The number of carbonyl (C=O) groups excluding carboxylic acids is 1. The Morgan fingerprint density at radius 3 is 2.65 bits per heavy atom. The molecule has 1 rings (SSSR count). The molecule has 1 aromatic carbocycles. The molecule has 0 aromatic heterocycles. The molecular formula is C11H12BrF3N2O3. The Balaban J connectivity index is 2.75. The van der Waals surface area contributed by atoms with Crippen molar-refractivity contribution in [2.24, 2.45) is 5.73 Å². The van der Waals surface area contributed by atoms with Crippen molar-refractivity contribution in [2.45, 2.75) is 12.4 Å². The summed E-state index contributed by atoms with van der Waals surface area (Å²) in [5.41, 5.74) is 5.79. The van der Waals surface area contributed by atoms with Crippen LogP contribution in [0.5, 0.6) is 5.75 Å². The van der Waals surface area contributed by atoms with E-state index in [0.29, 0.717) is 0 Å². The molecule has 0 aliphatic heterocycles. The lowest BCUT2D eigenvalue weighted by molar-refractivity contribution is -0.274. The predicted octanol–water partition coefficient (Wildman–Crippen LogP) is 2.26. The molecule has 5 nitrogen and oxygen atoms in total. The van der Waals surface area contributed by atoms with Crippen LogP contribution in [0.25, 0.3) is 0 Å². The summed E-state index contributed by atoms with van der Waals surface area (Å²) in [6.45, 7) is 0.0300. The van der Waals surface area contributed by atoms with E-state index in [9.17, 15) is 18.0 Å². The van der Waals surface area contributed by atoms with Crippen molar-refractivity contribution in [3.8, 4) is 5.75 Å². The molecule has 3 N–H and O–H groups in total. The Morgan fingerprint density at radius 2 is 2.15 bits per heavy atom. The third kappa shape index (κ3) is 5.35. The Morgan fingerprint density at radius 1 is 1.50 bits per heavy atom. The zero-order chi connectivity index (χ0) is 15.3. The first-order chi connectivity index (χ1) is 9.23. The number of nitrogens with one attached hydrogen (secondary N) is 1. The number of anilines is 1. The van der Waals surface area contributed by atoms with Crippen molar-refractivity contribution in [1.29, 1.82) is 0 Å². The lowest BCUT2D eigenvalue weighted by Crippen LogP contribution is -2.39. The van der Waals surface area contributed by atoms with Gasteiger partial charge >= 0.3 is 6.36 Å². The maximum absolute atomic E-state index is 12.1. The smallest absolute Gasteiger partial charge is 0.405 e. The average Bonchev–Trinajstić information content (AvgIpc) is 2.31. The van der Waals surface area contributed by atoms with Gasteiger partial charge in [-0.3, -0.25) is 4.79 Å². The van der Waals surface area contributed by atoms with Gasteiger partial charge in [-0.05, 0) is 34.1 Å². The van der Waals surface area contributed by atoms with E-state index in [0.717, 1.165) is 6.07 Å². The van der Waals surface area contributed by atoms with E-state index in [1.165, 1.54) is 19.2 Å². The van der Waals surface area contributed by atoms with Gasteiger partial charge in [-0.15, -0.1) is 13.2 Å². The minimum Gasteiger partial charge on any atom is -0.405 e. The minimum atomic E-state index is -4.78. The maximum atomic E-state index is 12.1. The van der Waals surface area contributed by atoms with Crippen molar-refractivity contribution in [3.05, 3.63) is 22.7 Å². The van der Waals surface area contributed by atoms with Gasteiger partial charge in [-0.1, -0.05) is 0 Å². The summed E-state index contributed by atoms with van der Waals surface area (Å²) < 4.78 is 44.8. The quantitative estimate of drug-likeness (QED) is 0.848. The SMILES string of the molecule is COCC(N)C(=O)Nc1ccc(OC(F)(F)F)c(Br)c1. The highest BCUT2D eigenvalue weighted by atomic mass is 79.9. The second-order valence-corrected chi connectivity index (χ2v) is 4.60. The Hall–Kier alpha value is -1.32. The fourth-order valence-corrected chi connectivity index (χ4v) is 1.74. The highest BCUT2D eigenvalue weighted by Crippen LogP contribution is 2.32. The Labute approximate surface area is 121 Å². The van der Waals surface area contributed by atoms with Gasteiger partial charge in [0.05, 0.1) is 11.1 Å². The zero-order valence-corrected chi connectivity index (χ0v) is 11.9. The van der Waals surface area contributed by atoms with Crippen LogP contribution in [0.2, 0.25) is 0 Å². The van der Waals surface area contributed by atoms with Crippen molar-refractivity contribution < 1.29 is 27.4 Å². The van der Waals surface area contributed by atoms with Crippen molar-refractivity contribution in [1.82, 2.24) is 0 Å². The van der Waals surface area contributed by atoms with Crippen LogP contribution in [0.15, 0.2) is 22.7 Å². The second-order valence-electron chi connectivity index (χ2n) is 3.74. The summed E-state index contributed by atoms with van der Waals surface area (Å²) in [6, 6.07) is 2.75. The van der Waals surface area contributed by atoms with Gasteiger partial charge in [-0.2, -0.15) is 0 Å². The molecule has 1 amide bonds. The largest absolute Gasteiger partial charge is 0.573 e. The van der Waals surface area contributed by atoms with Crippen LogP contribution in [0.3, 0.4) is 0 Å². The topological polar surface area (TPSA) is 73.6 Å². The van der Waals surface area contributed by atoms with Crippen molar-refractivity contribution in [3.63, 3.8) is 0 Å². The fourth-order valence-electron chi connectivity index (χ4n) is 1.28. The van der Waals surface area contributed by atoms with E-state index >= 15 is 0 Å². The number of nitrogens with two attached hydrogens (primary N) is 1. The molecule has 0 bridgehead atoms. The molecular weight excluding hydrogens is 345 g/mol. The summed E-state index contributed by atoms with van der Waals surface area (Å²) in [5, 5.41) is 2.45.